The van der Waals surface area contributed by atoms with E-state index in [0.29, 0.717) is 23.9 Å². The van der Waals surface area contributed by atoms with Crippen LogP contribution < -0.4 is 5.32 Å². The zero-order chi connectivity index (χ0) is 18.6. The first-order valence-corrected chi connectivity index (χ1v) is 8.85. The maximum Gasteiger partial charge on any atom is 0.315 e. The second-order valence-corrected chi connectivity index (χ2v) is 6.31. The lowest BCUT2D eigenvalue weighted by atomic mass is 10.1. The van der Waals surface area contributed by atoms with Gasteiger partial charge in [0, 0.05) is 18.4 Å². The molecular weight excluding hydrogens is 346 g/mol. The average molecular weight is 365 g/mol. The topological polar surface area (TPSA) is 103 Å². The Kier molecular flexibility index (Phi) is 4.78. The fourth-order valence-corrected chi connectivity index (χ4v) is 3.14. The van der Waals surface area contributed by atoms with Crippen LogP contribution in [0.2, 0.25) is 0 Å². The molecule has 0 fully saturated rings. The molecule has 138 valence electrons. The number of carbonyl (C=O) groups is 1. The summed E-state index contributed by atoms with van der Waals surface area (Å²) >= 11 is 0. The molecule has 4 rings (SSSR count). The van der Waals surface area contributed by atoms with Crippen LogP contribution in [0, 0.1) is 0 Å². The van der Waals surface area contributed by atoms with Gasteiger partial charge in [0.05, 0.1) is 12.2 Å². The summed E-state index contributed by atoms with van der Waals surface area (Å²) in [4.78, 5) is 24.3. The Morgan fingerprint density at radius 2 is 1.93 bits per heavy atom. The lowest BCUT2D eigenvalue weighted by molar-refractivity contribution is -0.142. The van der Waals surface area contributed by atoms with E-state index < -0.39 is 5.97 Å². The van der Waals surface area contributed by atoms with Crippen molar-refractivity contribution in [3.8, 4) is 11.4 Å². The Balaban J connectivity index is 1.38. The highest BCUT2D eigenvalue weighted by atomic mass is 16.5. The zero-order valence-electron chi connectivity index (χ0n) is 14.9. The van der Waals surface area contributed by atoms with Crippen molar-refractivity contribution < 1.29 is 14.1 Å². The molecule has 0 spiro atoms. The summed E-state index contributed by atoms with van der Waals surface area (Å²) in [5.41, 5.74) is 3.36. The van der Waals surface area contributed by atoms with Gasteiger partial charge in [0.1, 0.15) is 6.42 Å². The number of ether oxygens (including phenoxy) is 1. The number of nitrogens with zero attached hydrogens (tertiary/aromatic N) is 4. The second-order valence-electron chi connectivity index (χ2n) is 6.31. The normalized spacial score (nSPS) is 13.4. The van der Waals surface area contributed by atoms with Gasteiger partial charge < -0.3 is 14.6 Å². The van der Waals surface area contributed by atoms with Crippen molar-refractivity contribution in [2.45, 2.75) is 32.2 Å². The third kappa shape index (κ3) is 3.94. The fraction of sp³-hybridized carbons (Fsp3) is 0.316. The van der Waals surface area contributed by atoms with Crippen LogP contribution in [-0.2, 0) is 28.8 Å². The highest BCUT2D eigenvalue weighted by Gasteiger charge is 2.21. The van der Waals surface area contributed by atoms with Crippen molar-refractivity contribution in [1.29, 1.82) is 0 Å². The summed E-state index contributed by atoms with van der Waals surface area (Å²) in [6.45, 7) is 2.06. The van der Waals surface area contributed by atoms with E-state index in [9.17, 15) is 4.79 Å². The van der Waals surface area contributed by atoms with Crippen LogP contribution >= 0.6 is 0 Å². The van der Waals surface area contributed by atoms with Crippen LogP contribution in [0.25, 0.3) is 11.4 Å². The quantitative estimate of drug-likeness (QED) is 0.663. The smallest absolute Gasteiger partial charge is 0.315 e. The van der Waals surface area contributed by atoms with Gasteiger partial charge in [-0.15, -0.1) is 0 Å². The van der Waals surface area contributed by atoms with Crippen LogP contribution in [-0.4, -0.2) is 38.7 Å². The Morgan fingerprint density at radius 3 is 2.59 bits per heavy atom. The summed E-state index contributed by atoms with van der Waals surface area (Å²) in [7, 11) is 0. The Bertz CT molecular complexity index is 914. The number of anilines is 1. The van der Waals surface area contributed by atoms with Crippen molar-refractivity contribution >= 4 is 11.9 Å². The molecule has 1 aromatic carbocycles. The molecule has 1 aliphatic rings. The molecule has 8 heteroatoms. The van der Waals surface area contributed by atoms with E-state index in [1.165, 1.54) is 11.1 Å². The number of esters is 1. The Labute approximate surface area is 156 Å². The van der Waals surface area contributed by atoms with Gasteiger partial charge in [-0.2, -0.15) is 4.98 Å². The van der Waals surface area contributed by atoms with Gasteiger partial charge in [-0.1, -0.05) is 29.4 Å². The minimum absolute atomic E-state index is 0.0520. The van der Waals surface area contributed by atoms with Gasteiger partial charge in [0.2, 0.25) is 17.7 Å². The van der Waals surface area contributed by atoms with Crippen molar-refractivity contribution in [2.75, 3.05) is 11.9 Å². The number of hydrogen-bond acceptors (Lipinski definition) is 8. The monoisotopic (exact) mass is 365 g/mol. The molecule has 8 nitrogen and oxygen atoms in total. The SMILES string of the molecule is CCOC(=O)Cc1nc(-c2cnc(NC3Cc4ccccc4C3)nc2)no1. The number of aromatic nitrogens is 4. The Morgan fingerprint density at radius 1 is 1.22 bits per heavy atom. The largest absolute Gasteiger partial charge is 0.466 e. The lowest BCUT2D eigenvalue weighted by Gasteiger charge is -2.11. The number of nitrogens with one attached hydrogen (secondary N) is 1. The first-order valence-electron chi connectivity index (χ1n) is 8.85. The summed E-state index contributed by atoms with van der Waals surface area (Å²) in [6.07, 6.45) is 5.14. The average Bonchev–Trinajstić information content (AvgIpc) is 3.29. The fourth-order valence-electron chi connectivity index (χ4n) is 3.14. The molecule has 2 heterocycles. The number of carbonyl (C=O) groups excluding carboxylic acids is 1. The number of hydrogen-bond donors (Lipinski definition) is 1. The minimum Gasteiger partial charge on any atom is -0.466 e. The number of benzene rings is 1. The van der Waals surface area contributed by atoms with Crippen LogP contribution in [0.1, 0.15) is 23.9 Å². The van der Waals surface area contributed by atoms with Gasteiger partial charge in [-0.3, -0.25) is 4.79 Å². The molecule has 0 amide bonds. The van der Waals surface area contributed by atoms with Crippen LogP contribution in [0.15, 0.2) is 41.2 Å². The second kappa shape index (κ2) is 7.53. The molecule has 0 saturated heterocycles. The summed E-state index contributed by atoms with van der Waals surface area (Å²) in [6, 6.07) is 8.73. The molecule has 3 aromatic rings. The van der Waals surface area contributed by atoms with E-state index in [2.05, 4.69) is 49.7 Å². The van der Waals surface area contributed by atoms with Gasteiger partial charge in [0.25, 0.3) is 0 Å². The summed E-state index contributed by atoms with van der Waals surface area (Å²) in [5, 5.41) is 7.23. The molecule has 27 heavy (non-hydrogen) atoms. The maximum atomic E-state index is 11.5. The summed E-state index contributed by atoms with van der Waals surface area (Å²) < 4.78 is 9.94. The molecular formula is C19H19N5O3. The van der Waals surface area contributed by atoms with Gasteiger partial charge in [0.15, 0.2) is 0 Å². The predicted molar refractivity (Wildman–Crippen MR) is 96.9 cm³/mol. The Hall–Kier alpha value is -3.29. The minimum atomic E-state index is -0.402. The van der Waals surface area contributed by atoms with Gasteiger partial charge >= 0.3 is 5.97 Å². The van der Waals surface area contributed by atoms with Gasteiger partial charge in [-0.25, -0.2) is 9.97 Å². The summed E-state index contributed by atoms with van der Waals surface area (Å²) in [5.74, 6) is 0.705. The molecule has 0 aliphatic heterocycles. The van der Waals surface area contributed by atoms with Crippen LogP contribution in [0.3, 0.4) is 0 Å². The van der Waals surface area contributed by atoms with E-state index in [-0.39, 0.29) is 18.4 Å². The maximum absolute atomic E-state index is 11.5. The van der Waals surface area contributed by atoms with Crippen molar-refractivity contribution in [1.82, 2.24) is 20.1 Å². The first-order chi connectivity index (χ1) is 13.2. The molecule has 1 N–H and O–H groups in total. The van der Waals surface area contributed by atoms with Crippen molar-refractivity contribution in [3.63, 3.8) is 0 Å². The highest BCUT2D eigenvalue weighted by molar-refractivity contribution is 5.71. The predicted octanol–water partition coefficient (Wildman–Crippen LogP) is 2.21. The van der Waals surface area contributed by atoms with E-state index in [0.717, 1.165) is 12.8 Å². The third-order valence-electron chi connectivity index (χ3n) is 4.36. The molecule has 0 bridgehead atoms. The van der Waals surface area contributed by atoms with E-state index in [4.69, 9.17) is 9.26 Å². The van der Waals surface area contributed by atoms with E-state index in [1.807, 2.05) is 0 Å². The van der Waals surface area contributed by atoms with Crippen LogP contribution in [0.5, 0.6) is 0 Å². The third-order valence-corrected chi connectivity index (χ3v) is 4.36. The lowest BCUT2D eigenvalue weighted by Crippen LogP contribution is -2.20. The molecule has 0 radical (unpaired) electrons. The molecule has 1 aliphatic carbocycles. The van der Waals surface area contributed by atoms with Crippen LogP contribution in [0.4, 0.5) is 5.95 Å². The van der Waals surface area contributed by atoms with Crippen molar-refractivity contribution in [2.24, 2.45) is 0 Å². The number of fused-ring (bicyclic) bond motifs is 1. The zero-order valence-corrected chi connectivity index (χ0v) is 14.9. The van der Waals surface area contributed by atoms with E-state index in [1.54, 1.807) is 19.3 Å². The van der Waals surface area contributed by atoms with Crippen molar-refractivity contribution in [3.05, 3.63) is 53.7 Å². The highest BCUT2D eigenvalue weighted by Crippen LogP contribution is 2.23. The first kappa shape index (κ1) is 17.1. The van der Waals surface area contributed by atoms with E-state index >= 15 is 0 Å². The van der Waals surface area contributed by atoms with Gasteiger partial charge in [-0.05, 0) is 30.9 Å². The number of rotatable bonds is 6. The standard InChI is InChI=1S/C19H19N5O3/c1-2-26-17(25)9-16-23-18(24-27-16)14-10-20-19(21-11-14)22-15-7-12-5-3-4-6-13(12)8-15/h3-6,10-11,15H,2,7-9H2,1H3,(H,20,21,22). The molecule has 2 aromatic heterocycles. The molecule has 0 saturated carbocycles. The molecule has 0 unspecified atom stereocenters. The molecule has 0 atom stereocenters.